The van der Waals surface area contributed by atoms with E-state index in [0.29, 0.717) is 17.2 Å². The minimum Gasteiger partial charge on any atom is -0.463 e. The SMILES string of the molecule is CCOC(=O)/C(C)=C(/C)c1ccc(Br)cc1Cl. The van der Waals surface area contributed by atoms with Crippen LogP contribution in [0.3, 0.4) is 0 Å². The standard InChI is InChI=1S/C13H14BrClO2/c1-4-17-13(16)9(3)8(2)11-6-5-10(14)7-12(11)15/h5-7H,4H2,1-3H3/b9-8-. The Hall–Kier alpha value is -0.800. The van der Waals surface area contributed by atoms with E-state index < -0.39 is 0 Å². The van der Waals surface area contributed by atoms with Crippen molar-refractivity contribution < 1.29 is 9.53 Å². The molecule has 0 unspecified atom stereocenters. The second kappa shape index (κ2) is 6.22. The Labute approximate surface area is 115 Å². The first-order valence-electron chi connectivity index (χ1n) is 5.27. The van der Waals surface area contributed by atoms with E-state index in [1.54, 1.807) is 19.9 Å². The summed E-state index contributed by atoms with van der Waals surface area (Å²) >= 11 is 9.48. The van der Waals surface area contributed by atoms with E-state index >= 15 is 0 Å². The Bertz CT molecular complexity index is 466. The van der Waals surface area contributed by atoms with Crippen LogP contribution in [-0.2, 0) is 9.53 Å². The normalized spacial score (nSPS) is 12.1. The Kier molecular flexibility index (Phi) is 5.22. The lowest BCUT2D eigenvalue weighted by Crippen LogP contribution is -2.06. The molecule has 0 aromatic heterocycles. The van der Waals surface area contributed by atoms with Crippen LogP contribution in [0.5, 0.6) is 0 Å². The molecule has 0 N–H and O–H groups in total. The number of hydrogen-bond donors (Lipinski definition) is 0. The second-order valence-electron chi connectivity index (χ2n) is 3.59. The summed E-state index contributed by atoms with van der Waals surface area (Å²) in [5.74, 6) is -0.302. The Morgan fingerprint density at radius 2 is 2.06 bits per heavy atom. The third-order valence-electron chi connectivity index (χ3n) is 2.48. The first kappa shape index (κ1) is 14.3. The molecule has 1 aromatic rings. The van der Waals surface area contributed by atoms with Gasteiger partial charge in [0.05, 0.1) is 6.61 Å². The van der Waals surface area contributed by atoms with Gasteiger partial charge in [-0.25, -0.2) is 4.79 Å². The van der Waals surface area contributed by atoms with E-state index in [-0.39, 0.29) is 5.97 Å². The van der Waals surface area contributed by atoms with Gasteiger partial charge in [-0.3, -0.25) is 0 Å². The lowest BCUT2D eigenvalue weighted by molar-refractivity contribution is -0.138. The minimum atomic E-state index is -0.302. The van der Waals surface area contributed by atoms with Gasteiger partial charge in [0.1, 0.15) is 0 Å². The van der Waals surface area contributed by atoms with E-state index in [4.69, 9.17) is 16.3 Å². The molecule has 4 heteroatoms. The van der Waals surface area contributed by atoms with Crippen LogP contribution in [0, 0.1) is 0 Å². The molecule has 1 aromatic carbocycles. The maximum atomic E-state index is 11.6. The summed E-state index contributed by atoms with van der Waals surface area (Å²) in [7, 11) is 0. The molecule has 92 valence electrons. The molecule has 0 aliphatic rings. The summed E-state index contributed by atoms with van der Waals surface area (Å²) in [6.45, 7) is 5.76. The number of esters is 1. The van der Waals surface area contributed by atoms with Crippen molar-refractivity contribution in [2.24, 2.45) is 0 Å². The third-order valence-corrected chi connectivity index (χ3v) is 3.29. The molecule has 0 heterocycles. The molecule has 0 radical (unpaired) electrons. The van der Waals surface area contributed by atoms with Crippen LogP contribution in [-0.4, -0.2) is 12.6 Å². The molecule has 0 aliphatic heterocycles. The zero-order valence-electron chi connectivity index (χ0n) is 10.0. The second-order valence-corrected chi connectivity index (χ2v) is 4.92. The fraction of sp³-hybridized carbons (Fsp3) is 0.308. The quantitative estimate of drug-likeness (QED) is 0.608. The molecule has 0 amide bonds. The van der Waals surface area contributed by atoms with Gasteiger partial charge in [-0.05, 0) is 44.0 Å². The molecule has 0 bridgehead atoms. The summed E-state index contributed by atoms with van der Waals surface area (Å²) in [6, 6.07) is 5.58. The maximum Gasteiger partial charge on any atom is 0.333 e. The van der Waals surface area contributed by atoms with Crippen LogP contribution in [0.15, 0.2) is 28.2 Å². The number of halogens is 2. The van der Waals surface area contributed by atoms with Crippen LogP contribution in [0.1, 0.15) is 26.3 Å². The summed E-state index contributed by atoms with van der Waals surface area (Å²) in [5.41, 5.74) is 2.26. The molecule has 0 saturated heterocycles. The van der Waals surface area contributed by atoms with Crippen molar-refractivity contribution in [3.8, 4) is 0 Å². The maximum absolute atomic E-state index is 11.6. The van der Waals surface area contributed by atoms with Crippen molar-refractivity contribution in [2.45, 2.75) is 20.8 Å². The molecule has 0 atom stereocenters. The fourth-order valence-electron chi connectivity index (χ4n) is 1.39. The molecular weight excluding hydrogens is 303 g/mol. The molecular formula is C13H14BrClO2. The van der Waals surface area contributed by atoms with Crippen molar-refractivity contribution in [1.82, 2.24) is 0 Å². The van der Waals surface area contributed by atoms with E-state index in [1.165, 1.54) is 0 Å². The summed E-state index contributed by atoms with van der Waals surface area (Å²) in [6.07, 6.45) is 0. The summed E-state index contributed by atoms with van der Waals surface area (Å²) in [4.78, 5) is 11.6. The topological polar surface area (TPSA) is 26.3 Å². The van der Waals surface area contributed by atoms with Gasteiger partial charge in [-0.2, -0.15) is 0 Å². The minimum absolute atomic E-state index is 0.302. The van der Waals surface area contributed by atoms with Gasteiger partial charge in [0.2, 0.25) is 0 Å². The van der Waals surface area contributed by atoms with Crippen LogP contribution < -0.4 is 0 Å². The number of allylic oxidation sites excluding steroid dienone is 1. The third kappa shape index (κ3) is 3.58. The Morgan fingerprint density at radius 1 is 1.41 bits per heavy atom. The van der Waals surface area contributed by atoms with Gasteiger partial charge in [0.25, 0.3) is 0 Å². The van der Waals surface area contributed by atoms with Gasteiger partial charge in [-0.1, -0.05) is 33.6 Å². The van der Waals surface area contributed by atoms with Crippen molar-refractivity contribution >= 4 is 39.1 Å². The molecule has 1 rings (SSSR count). The average molecular weight is 318 g/mol. The molecule has 0 fully saturated rings. The van der Waals surface area contributed by atoms with Crippen molar-refractivity contribution in [3.05, 3.63) is 38.8 Å². The number of hydrogen-bond acceptors (Lipinski definition) is 2. The van der Waals surface area contributed by atoms with Gasteiger partial charge >= 0.3 is 5.97 Å². The molecule has 0 spiro atoms. The van der Waals surface area contributed by atoms with E-state index in [2.05, 4.69) is 15.9 Å². The zero-order chi connectivity index (χ0) is 13.0. The zero-order valence-corrected chi connectivity index (χ0v) is 12.4. The van der Waals surface area contributed by atoms with E-state index in [0.717, 1.165) is 15.6 Å². The largest absolute Gasteiger partial charge is 0.463 e. The predicted octanol–water partition coefficient (Wildman–Crippen LogP) is 4.46. The van der Waals surface area contributed by atoms with Gasteiger partial charge in [0.15, 0.2) is 0 Å². The fourth-order valence-corrected chi connectivity index (χ4v) is 2.20. The van der Waals surface area contributed by atoms with E-state index in [1.807, 2.05) is 19.1 Å². The van der Waals surface area contributed by atoms with Crippen molar-refractivity contribution in [1.29, 1.82) is 0 Å². The highest BCUT2D eigenvalue weighted by atomic mass is 79.9. The number of benzene rings is 1. The average Bonchev–Trinajstić information content (AvgIpc) is 2.27. The number of carbonyl (C=O) groups excluding carboxylic acids is 1. The van der Waals surface area contributed by atoms with Crippen LogP contribution in [0.25, 0.3) is 5.57 Å². The monoisotopic (exact) mass is 316 g/mol. The highest BCUT2D eigenvalue weighted by Crippen LogP contribution is 2.29. The lowest BCUT2D eigenvalue weighted by atomic mass is 10.0. The molecule has 0 saturated carbocycles. The van der Waals surface area contributed by atoms with Gasteiger partial charge in [0, 0.05) is 15.1 Å². The number of ether oxygens (including phenoxy) is 1. The van der Waals surface area contributed by atoms with Crippen LogP contribution in [0.2, 0.25) is 5.02 Å². The lowest BCUT2D eigenvalue weighted by Gasteiger charge is -2.09. The van der Waals surface area contributed by atoms with Crippen LogP contribution >= 0.6 is 27.5 Å². The first-order chi connectivity index (χ1) is 7.97. The van der Waals surface area contributed by atoms with E-state index in [9.17, 15) is 4.79 Å². The predicted molar refractivity (Wildman–Crippen MR) is 74.1 cm³/mol. The van der Waals surface area contributed by atoms with Gasteiger partial charge < -0.3 is 4.74 Å². The summed E-state index contributed by atoms with van der Waals surface area (Å²) < 4.78 is 5.87. The van der Waals surface area contributed by atoms with Crippen molar-refractivity contribution in [2.75, 3.05) is 6.61 Å². The van der Waals surface area contributed by atoms with Crippen LogP contribution in [0.4, 0.5) is 0 Å². The smallest absolute Gasteiger partial charge is 0.333 e. The first-order valence-corrected chi connectivity index (χ1v) is 6.44. The highest BCUT2D eigenvalue weighted by molar-refractivity contribution is 9.10. The highest BCUT2D eigenvalue weighted by Gasteiger charge is 2.12. The Morgan fingerprint density at radius 3 is 2.59 bits per heavy atom. The number of carbonyl (C=O) groups is 1. The molecule has 0 aliphatic carbocycles. The number of rotatable bonds is 3. The molecule has 17 heavy (non-hydrogen) atoms. The van der Waals surface area contributed by atoms with Gasteiger partial charge in [-0.15, -0.1) is 0 Å². The van der Waals surface area contributed by atoms with Crippen molar-refractivity contribution in [3.63, 3.8) is 0 Å². The summed E-state index contributed by atoms with van der Waals surface area (Å²) in [5, 5.41) is 0.612. The Balaban J connectivity index is 3.14. The molecule has 2 nitrogen and oxygen atoms in total.